The summed E-state index contributed by atoms with van der Waals surface area (Å²) in [6, 6.07) is 9.81. The number of aromatic nitrogens is 3. The monoisotopic (exact) mass is 390 g/mol. The first-order valence-electron chi connectivity index (χ1n) is 7.99. The highest BCUT2D eigenvalue weighted by molar-refractivity contribution is 7.89. The predicted octanol–water partition coefficient (Wildman–Crippen LogP) is 1.67. The summed E-state index contributed by atoms with van der Waals surface area (Å²) in [7, 11) is -0.891. The first kappa shape index (κ1) is 18.8. The van der Waals surface area contributed by atoms with Gasteiger partial charge in [-0.1, -0.05) is 6.07 Å². The van der Waals surface area contributed by atoms with E-state index in [1.807, 2.05) is 6.07 Å². The molecule has 9 nitrogen and oxygen atoms in total. The van der Waals surface area contributed by atoms with Gasteiger partial charge in [0.25, 0.3) is 5.89 Å². The van der Waals surface area contributed by atoms with Crippen LogP contribution in [0, 0.1) is 0 Å². The minimum Gasteiger partial charge on any atom is -0.497 e. The summed E-state index contributed by atoms with van der Waals surface area (Å²) in [6.45, 7) is 0.0847. The second-order valence-corrected chi connectivity index (χ2v) is 7.12. The predicted molar refractivity (Wildman–Crippen MR) is 96.0 cm³/mol. The third kappa shape index (κ3) is 4.41. The molecule has 3 aromatic rings. The van der Waals surface area contributed by atoms with Crippen molar-refractivity contribution in [1.82, 2.24) is 19.9 Å². The van der Waals surface area contributed by atoms with Crippen molar-refractivity contribution < 1.29 is 22.3 Å². The number of ether oxygens (including phenoxy) is 2. The van der Waals surface area contributed by atoms with Crippen LogP contribution in [0.4, 0.5) is 0 Å². The Morgan fingerprint density at radius 1 is 1.11 bits per heavy atom. The van der Waals surface area contributed by atoms with E-state index in [-0.39, 0.29) is 29.5 Å². The Bertz CT molecular complexity index is 1010. The first-order chi connectivity index (χ1) is 13.0. The summed E-state index contributed by atoms with van der Waals surface area (Å²) in [5.74, 6) is 1.28. The summed E-state index contributed by atoms with van der Waals surface area (Å²) >= 11 is 0. The SMILES string of the molecule is COc1ccc(S(=O)(=O)NCCc2nnc(-c3ccccn3)o2)c(OC)c1. The number of sulfonamides is 1. The maximum Gasteiger partial charge on any atom is 0.266 e. The molecular weight excluding hydrogens is 372 g/mol. The van der Waals surface area contributed by atoms with Crippen LogP contribution in [0.1, 0.15) is 5.89 Å². The Morgan fingerprint density at radius 3 is 2.67 bits per heavy atom. The number of nitrogens with zero attached hydrogens (tertiary/aromatic N) is 3. The minimum absolute atomic E-state index is 0.0190. The topological polar surface area (TPSA) is 116 Å². The number of nitrogens with one attached hydrogen (secondary N) is 1. The van der Waals surface area contributed by atoms with Gasteiger partial charge in [0.1, 0.15) is 22.1 Å². The van der Waals surface area contributed by atoms with Gasteiger partial charge in [0.15, 0.2) is 0 Å². The van der Waals surface area contributed by atoms with Crippen LogP contribution in [-0.2, 0) is 16.4 Å². The Hall–Kier alpha value is -2.98. The molecule has 0 unspecified atom stereocenters. The van der Waals surface area contributed by atoms with Crippen LogP contribution >= 0.6 is 0 Å². The van der Waals surface area contributed by atoms with E-state index in [1.54, 1.807) is 24.4 Å². The van der Waals surface area contributed by atoms with Gasteiger partial charge in [-0.2, -0.15) is 0 Å². The molecule has 10 heteroatoms. The first-order valence-corrected chi connectivity index (χ1v) is 9.47. The van der Waals surface area contributed by atoms with Crippen molar-refractivity contribution in [3.8, 4) is 23.1 Å². The Balaban J connectivity index is 1.66. The molecule has 3 rings (SSSR count). The average Bonchev–Trinajstić information content (AvgIpc) is 3.17. The molecule has 0 radical (unpaired) electrons. The van der Waals surface area contributed by atoms with Crippen LogP contribution in [0.15, 0.2) is 51.9 Å². The van der Waals surface area contributed by atoms with Crippen molar-refractivity contribution in [1.29, 1.82) is 0 Å². The molecule has 1 N–H and O–H groups in total. The number of rotatable bonds is 8. The van der Waals surface area contributed by atoms with Crippen LogP contribution in [0.5, 0.6) is 11.5 Å². The number of hydrogen-bond donors (Lipinski definition) is 1. The van der Waals surface area contributed by atoms with E-state index >= 15 is 0 Å². The summed E-state index contributed by atoms with van der Waals surface area (Å²) < 4.78 is 43.3. The number of hydrogen-bond acceptors (Lipinski definition) is 8. The van der Waals surface area contributed by atoms with Gasteiger partial charge in [-0.15, -0.1) is 10.2 Å². The van der Waals surface area contributed by atoms with Crippen LogP contribution in [0.2, 0.25) is 0 Å². The number of benzene rings is 1. The molecule has 0 aliphatic rings. The van der Waals surface area contributed by atoms with Crippen molar-refractivity contribution in [3.63, 3.8) is 0 Å². The molecule has 0 atom stereocenters. The van der Waals surface area contributed by atoms with Crippen molar-refractivity contribution in [3.05, 3.63) is 48.5 Å². The quantitative estimate of drug-likeness (QED) is 0.617. The Labute approximate surface area is 156 Å². The second kappa shape index (κ2) is 8.14. The van der Waals surface area contributed by atoms with E-state index in [4.69, 9.17) is 13.9 Å². The van der Waals surface area contributed by atoms with Gasteiger partial charge in [0.05, 0.1) is 14.2 Å². The van der Waals surface area contributed by atoms with Crippen LogP contribution < -0.4 is 14.2 Å². The summed E-state index contributed by atoms with van der Waals surface area (Å²) in [5, 5.41) is 7.82. The van der Waals surface area contributed by atoms with Gasteiger partial charge in [0.2, 0.25) is 15.9 Å². The van der Waals surface area contributed by atoms with Crippen LogP contribution in [0.25, 0.3) is 11.6 Å². The lowest BCUT2D eigenvalue weighted by Crippen LogP contribution is -2.26. The molecule has 1 aromatic carbocycles. The fourth-order valence-electron chi connectivity index (χ4n) is 2.31. The largest absolute Gasteiger partial charge is 0.497 e. The lowest BCUT2D eigenvalue weighted by molar-refractivity contribution is 0.386. The average molecular weight is 390 g/mol. The van der Waals surface area contributed by atoms with Gasteiger partial charge in [-0.25, -0.2) is 13.1 Å². The zero-order valence-corrected chi connectivity index (χ0v) is 15.6. The number of methoxy groups -OCH3 is 2. The van der Waals surface area contributed by atoms with E-state index in [0.717, 1.165) is 0 Å². The highest BCUT2D eigenvalue weighted by Crippen LogP contribution is 2.28. The van der Waals surface area contributed by atoms with Gasteiger partial charge in [0, 0.05) is 25.2 Å². The minimum atomic E-state index is -3.78. The van der Waals surface area contributed by atoms with E-state index in [9.17, 15) is 8.42 Å². The standard InChI is InChI=1S/C17H18N4O5S/c1-24-12-6-7-15(14(11-12)25-2)27(22,23)19-10-8-16-20-21-17(26-16)13-5-3-4-9-18-13/h3-7,9,11,19H,8,10H2,1-2H3. The third-order valence-electron chi connectivity index (χ3n) is 3.64. The molecule has 0 saturated heterocycles. The fourth-order valence-corrected chi connectivity index (χ4v) is 3.49. The molecule has 2 aromatic heterocycles. The lowest BCUT2D eigenvalue weighted by atomic mass is 10.3. The van der Waals surface area contributed by atoms with E-state index < -0.39 is 10.0 Å². The molecule has 2 heterocycles. The van der Waals surface area contributed by atoms with E-state index in [2.05, 4.69) is 19.9 Å². The van der Waals surface area contributed by atoms with Crippen molar-refractivity contribution >= 4 is 10.0 Å². The van der Waals surface area contributed by atoms with E-state index in [0.29, 0.717) is 17.3 Å². The number of pyridine rings is 1. The van der Waals surface area contributed by atoms with Gasteiger partial charge >= 0.3 is 0 Å². The fraction of sp³-hybridized carbons (Fsp3) is 0.235. The van der Waals surface area contributed by atoms with Crippen molar-refractivity contribution in [2.75, 3.05) is 20.8 Å². The summed E-state index contributed by atoms with van der Waals surface area (Å²) in [5.41, 5.74) is 0.555. The van der Waals surface area contributed by atoms with Crippen LogP contribution in [-0.4, -0.2) is 44.4 Å². The summed E-state index contributed by atoms with van der Waals surface area (Å²) in [6.07, 6.45) is 1.85. The maximum absolute atomic E-state index is 12.5. The van der Waals surface area contributed by atoms with Gasteiger partial charge in [-0.05, 0) is 24.3 Å². The molecule has 27 heavy (non-hydrogen) atoms. The Morgan fingerprint density at radius 2 is 1.96 bits per heavy atom. The van der Waals surface area contributed by atoms with Gasteiger partial charge in [-0.3, -0.25) is 4.98 Å². The highest BCUT2D eigenvalue weighted by atomic mass is 32.2. The third-order valence-corrected chi connectivity index (χ3v) is 5.14. The Kier molecular flexibility index (Phi) is 5.67. The maximum atomic E-state index is 12.5. The van der Waals surface area contributed by atoms with E-state index in [1.165, 1.54) is 26.4 Å². The molecule has 0 saturated carbocycles. The highest BCUT2D eigenvalue weighted by Gasteiger charge is 2.20. The normalized spacial score (nSPS) is 11.3. The van der Waals surface area contributed by atoms with Gasteiger partial charge < -0.3 is 13.9 Å². The zero-order chi connectivity index (χ0) is 19.3. The molecule has 0 amide bonds. The molecule has 0 bridgehead atoms. The molecule has 0 spiro atoms. The van der Waals surface area contributed by atoms with Crippen molar-refractivity contribution in [2.45, 2.75) is 11.3 Å². The molecule has 0 fully saturated rings. The molecule has 0 aliphatic heterocycles. The second-order valence-electron chi connectivity index (χ2n) is 5.38. The summed E-state index contributed by atoms with van der Waals surface area (Å²) in [4.78, 5) is 4.14. The molecule has 142 valence electrons. The molecular formula is C17H18N4O5S. The zero-order valence-electron chi connectivity index (χ0n) is 14.7. The molecule has 0 aliphatic carbocycles. The van der Waals surface area contributed by atoms with Crippen LogP contribution in [0.3, 0.4) is 0 Å². The lowest BCUT2D eigenvalue weighted by Gasteiger charge is -2.11. The van der Waals surface area contributed by atoms with Crippen molar-refractivity contribution in [2.24, 2.45) is 0 Å². The smallest absolute Gasteiger partial charge is 0.266 e.